The molecule has 5 heteroatoms. The van der Waals surface area contributed by atoms with Crippen LogP contribution in [0.15, 0.2) is 78.9 Å². The van der Waals surface area contributed by atoms with Gasteiger partial charge >= 0.3 is 5.97 Å². The Labute approximate surface area is 161 Å². The van der Waals surface area contributed by atoms with Gasteiger partial charge in [0.25, 0.3) is 0 Å². The van der Waals surface area contributed by atoms with Crippen molar-refractivity contribution in [2.75, 3.05) is 7.11 Å². The molecule has 0 fully saturated rings. The number of halogens is 1. The van der Waals surface area contributed by atoms with Gasteiger partial charge in [0.15, 0.2) is 5.78 Å². The molecule has 28 heavy (non-hydrogen) atoms. The van der Waals surface area contributed by atoms with Gasteiger partial charge in [0.05, 0.1) is 12.7 Å². The molecule has 4 nitrogen and oxygen atoms in total. The highest BCUT2D eigenvalue weighted by Gasteiger charge is 2.13. The Hall–Kier alpha value is -3.73. The average molecular weight is 376 g/mol. The lowest BCUT2D eigenvalue weighted by Gasteiger charge is -2.05. The van der Waals surface area contributed by atoms with E-state index in [2.05, 4.69) is 0 Å². The van der Waals surface area contributed by atoms with Gasteiger partial charge in [0, 0.05) is 5.56 Å². The van der Waals surface area contributed by atoms with Crippen LogP contribution in [0.4, 0.5) is 4.39 Å². The second-order valence-electron chi connectivity index (χ2n) is 5.86. The number of benzene rings is 3. The molecule has 0 radical (unpaired) electrons. The van der Waals surface area contributed by atoms with E-state index in [1.54, 1.807) is 67.8 Å². The average Bonchev–Trinajstić information content (AvgIpc) is 2.73. The lowest BCUT2D eigenvalue weighted by atomic mass is 10.1. The van der Waals surface area contributed by atoms with Crippen molar-refractivity contribution in [1.82, 2.24) is 0 Å². The predicted octanol–water partition coefficient (Wildman–Crippen LogP) is 4.95. The third-order valence-electron chi connectivity index (χ3n) is 3.99. The Morgan fingerprint density at radius 1 is 0.857 bits per heavy atom. The van der Waals surface area contributed by atoms with E-state index in [0.29, 0.717) is 11.3 Å². The minimum atomic E-state index is -0.768. The zero-order valence-corrected chi connectivity index (χ0v) is 15.1. The molecule has 0 saturated carbocycles. The fourth-order valence-corrected chi connectivity index (χ4v) is 2.46. The summed E-state index contributed by atoms with van der Waals surface area (Å²) in [4.78, 5) is 24.2. The third kappa shape index (κ3) is 4.71. The summed E-state index contributed by atoms with van der Waals surface area (Å²) in [6.07, 6.45) is 3.12. The van der Waals surface area contributed by atoms with Gasteiger partial charge in [-0.2, -0.15) is 0 Å². The molecule has 0 aliphatic heterocycles. The maximum Gasteiger partial charge on any atom is 0.346 e. The Balaban J connectivity index is 1.63. The predicted molar refractivity (Wildman–Crippen MR) is 104 cm³/mol. The van der Waals surface area contributed by atoms with Crippen LogP contribution in [0.3, 0.4) is 0 Å². The molecule has 3 aromatic carbocycles. The Morgan fingerprint density at radius 3 is 2.14 bits per heavy atom. The maximum atomic E-state index is 13.6. The van der Waals surface area contributed by atoms with Crippen molar-refractivity contribution in [2.45, 2.75) is 0 Å². The second-order valence-corrected chi connectivity index (χ2v) is 5.86. The Kier molecular flexibility index (Phi) is 5.97. The molecular formula is C23H17FO4. The van der Waals surface area contributed by atoms with E-state index < -0.39 is 11.8 Å². The first-order valence-corrected chi connectivity index (χ1v) is 8.50. The molecule has 140 valence electrons. The highest BCUT2D eigenvalue weighted by molar-refractivity contribution is 6.06. The fourth-order valence-electron chi connectivity index (χ4n) is 2.46. The molecule has 0 heterocycles. The van der Waals surface area contributed by atoms with Gasteiger partial charge in [-0.1, -0.05) is 30.3 Å². The topological polar surface area (TPSA) is 52.6 Å². The third-order valence-corrected chi connectivity index (χ3v) is 3.99. The second kappa shape index (κ2) is 8.77. The van der Waals surface area contributed by atoms with Crippen LogP contribution in [0.5, 0.6) is 11.5 Å². The van der Waals surface area contributed by atoms with Crippen molar-refractivity contribution in [3.63, 3.8) is 0 Å². The van der Waals surface area contributed by atoms with Gasteiger partial charge in [-0.3, -0.25) is 4.79 Å². The van der Waals surface area contributed by atoms with E-state index in [-0.39, 0.29) is 17.1 Å². The van der Waals surface area contributed by atoms with E-state index in [1.165, 1.54) is 24.3 Å². The van der Waals surface area contributed by atoms with Crippen LogP contribution in [0.2, 0.25) is 0 Å². The Bertz CT molecular complexity index is 1010. The molecule has 0 spiro atoms. The smallest absolute Gasteiger partial charge is 0.346 e. The molecule has 0 aliphatic carbocycles. The van der Waals surface area contributed by atoms with Crippen LogP contribution in [0, 0.1) is 5.82 Å². The van der Waals surface area contributed by atoms with E-state index in [1.807, 2.05) is 0 Å². The zero-order chi connectivity index (χ0) is 19.9. The molecule has 0 saturated heterocycles. The number of rotatable bonds is 6. The normalized spacial score (nSPS) is 10.6. The fraction of sp³-hybridized carbons (Fsp3) is 0.0435. The van der Waals surface area contributed by atoms with Crippen LogP contribution in [0.1, 0.15) is 26.3 Å². The largest absolute Gasteiger partial charge is 0.497 e. The van der Waals surface area contributed by atoms with Crippen molar-refractivity contribution in [3.05, 3.63) is 101 Å². The number of esters is 1. The highest BCUT2D eigenvalue weighted by Crippen LogP contribution is 2.17. The quantitative estimate of drug-likeness (QED) is 0.264. The number of ketones is 1. The lowest BCUT2D eigenvalue weighted by Crippen LogP contribution is -2.10. The summed E-state index contributed by atoms with van der Waals surface area (Å²) in [5, 5.41) is 0. The SMILES string of the molecule is COc1ccc(C(=O)C=Cc2ccc(OC(=O)c3ccccc3F)cc2)cc1. The number of hydrogen-bond acceptors (Lipinski definition) is 4. The molecule has 3 rings (SSSR count). The summed E-state index contributed by atoms with van der Waals surface area (Å²) in [5.41, 5.74) is 1.18. The van der Waals surface area contributed by atoms with Crippen molar-refractivity contribution >= 4 is 17.8 Å². The van der Waals surface area contributed by atoms with Gasteiger partial charge in [0.1, 0.15) is 17.3 Å². The monoisotopic (exact) mass is 376 g/mol. The van der Waals surface area contributed by atoms with Crippen LogP contribution >= 0.6 is 0 Å². The molecular weight excluding hydrogens is 359 g/mol. The molecule has 0 bridgehead atoms. The number of carbonyl (C=O) groups excluding carboxylic acids is 2. The molecule has 0 aliphatic rings. The lowest BCUT2D eigenvalue weighted by molar-refractivity contribution is 0.0729. The first-order chi connectivity index (χ1) is 13.6. The van der Waals surface area contributed by atoms with Crippen LogP contribution in [-0.4, -0.2) is 18.9 Å². The highest BCUT2D eigenvalue weighted by atomic mass is 19.1. The van der Waals surface area contributed by atoms with E-state index in [4.69, 9.17) is 9.47 Å². The summed E-state index contributed by atoms with van der Waals surface area (Å²) < 4.78 is 23.9. The molecule has 3 aromatic rings. The molecule has 0 atom stereocenters. The molecule has 0 amide bonds. The maximum absolute atomic E-state index is 13.6. The molecule has 0 N–H and O–H groups in total. The minimum Gasteiger partial charge on any atom is -0.497 e. The van der Waals surface area contributed by atoms with Gasteiger partial charge in [-0.25, -0.2) is 9.18 Å². The van der Waals surface area contributed by atoms with Gasteiger partial charge in [0.2, 0.25) is 0 Å². The minimum absolute atomic E-state index is 0.128. The number of allylic oxidation sites excluding steroid dienone is 1. The molecule has 0 aromatic heterocycles. The van der Waals surface area contributed by atoms with E-state index >= 15 is 0 Å². The van der Waals surface area contributed by atoms with Crippen LogP contribution in [-0.2, 0) is 0 Å². The number of methoxy groups -OCH3 is 1. The number of carbonyl (C=O) groups is 2. The number of hydrogen-bond donors (Lipinski definition) is 0. The first-order valence-electron chi connectivity index (χ1n) is 8.50. The van der Waals surface area contributed by atoms with Crippen molar-refractivity contribution in [3.8, 4) is 11.5 Å². The zero-order valence-electron chi connectivity index (χ0n) is 15.1. The molecule has 0 unspecified atom stereocenters. The summed E-state index contributed by atoms with van der Waals surface area (Å²) in [7, 11) is 1.56. The van der Waals surface area contributed by atoms with Crippen molar-refractivity contribution < 1.29 is 23.5 Å². The van der Waals surface area contributed by atoms with Crippen LogP contribution < -0.4 is 9.47 Å². The van der Waals surface area contributed by atoms with Gasteiger partial charge in [-0.05, 0) is 60.2 Å². The van der Waals surface area contributed by atoms with Gasteiger partial charge < -0.3 is 9.47 Å². The Morgan fingerprint density at radius 2 is 1.50 bits per heavy atom. The van der Waals surface area contributed by atoms with E-state index in [0.717, 1.165) is 5.56 Å². The van der Waals surface area contributed by atoms with Crippen LogP contribution in [0.25, 0.3) is 6.08 Å². The summed E-state index contributed by atoms with van der Waals surface area (Å²) in [6, 6.07) is 19.0. The summed E-state index contributed by atoms with van der Waals surface area (Å²) in [6.45, 7) is 0. The summed E-state index contributed by atoms with van der Waals surface area (Å²) in [5.74, 6) is -0.578. The summed E-state index contributed by atoms with van der Waals surface area (Å²) >= 11 is 0. The van der Waals surface area contributed by atoms with E-state index in [9.17, 15) is 14.0 Å². The van der Waals surface area contributed by atoms with Gasteiger partial charge in [-0.15, -0.1) is 0 Å². The van der Waals surface area contributed by atoms with Crippen molar-refractivity contribution in [2.24, 2.45) is 0 Å². The standard InChI is InChI=1S/C23H17FO4/c1-27-18-13-9-17(10-14-18)22(25)15-8-16-6-11-19(12-7-16)28-23(26)20-4-2-3-5-21(20)24/h2-15H,1H3. The number of ether oxygens (including phenoxy) is 2. The first kappa shape index (κ1) is 19.0. The van der Waals surface area contributed by atoms with Crippen molar-refractivity contribution in [1.29, 1.82) is 0 Å².